The Bertz CT molecular complexity index is 294. The fourth-order valence-corrected chi connectivity index (χ4v) is 1.67. The van der Waals surface area contributed by atoms with Crippen molar-refractivity contribution >= 4 is 11.4 Å². The molecule has 14 heavy (non-hydrogen) atoms. The summed E-state index contributed by atoms with van der Waals surface area (Å²) in [6.07, 6.45) is 0. The lowest BCUT2D eigenvalue weighted by molar-refractivity contribution is 0.791. The second-order valence-corrected chi connectivity index (χ2v) is 4.42. The van der Waals surface area contributed by atoms with E-state index in [9.17, 15) is 0 Å². The molecule has 0 aromatic heterocycles. The Kier molecular flexibility index (Phi) is 3.04. The zero-order valence-corrected chi connectivity index (χ0v) is 9.46. The summed E-state index contributed by atoms with van der Waals surface area (Å²) in [5.74, 6) is 0.991. The smallest absolute Gasteiger partial charge is 0.0550 e. The van der Waals surface area contributed by atoms with Crippen molar-refractivity contribution in [3.8, 4) is 0 Å². The summed E-state index contributed by atoms with van der Waals surface area (Å²) in [5.41, 5.74) is 15.6. The largest absolute Gasteiger partial charge is 0.397 e. The van der Waals surface area contributed by atoms with Gasteiger partial charge in [-0.3, -0.25) is 0 Å². The Balaban J connectivity index is 3.31. The van der Waals surface area contributed by atoms with E-state index in [4.69, 9.17) is 11.5 Å². The van der Waals surface area contributed by atoms with Crippen LogP contribution >= 0.6 is 0 Å². The van der Waals surface area contributed by atoms with E-state index in [2.05, 4.69) is 27.7 Å². The third-order valence-electron chi connectivity index (χ3n) is 2.53. The molecule has 0 aliphatic rings. The van der Waals surface area contributed by atoms with Crippen molar-refractivity contribution in [2.45, 2.75) is 39.5 Å². The van der Waals surface area contributed by atoms with Crippen LogP contribution in [0.1, 0.15) is 50.7 Å². The number of anilines is 2. The first-order valence-corrected chi connectivity index (χ1v) is 5.12. The lowest BCUT2D eigenvalue weighted by Gasteiger charge is -2.17. The van der Waals surface area contributed by atoms with Crippen molar-refractivity contribution in [1.82, 2.24) is 0 Å². The van der Waals surface area contributed by atoms with Crippen LogP contribution in [0.5, 0.6) is 0 Å². The van der Waals surface area contributed by atoms with E-state index in [1.807, 2.05) is 12.1 Å². The van der Waals surface area contributed by atoms with Gasteiger partial charge in [0.05, 0.1) is 11.4 Å². The molecule has 0 spiro atoms. The molecule has 0 bridgehead atoms. The minimum Gasteiger partial charge on any atom is -0.397 e. The summed E-state index contributed by atoms with van der Waals surface area (Å²) in [4.78, 5) is 0. The maximum absolute atomic E-state index is 5.80. The first-order valence-electron chi connectivity index (χ1n) is 5.12. The van der Waals surface area contributed by atoms with Gasteiger partial charge >= 0.3 is 0 Å². The predicted molar refractivity (Wildman–Crippen MR) is 63.4 cm³/mol. The van der Waals surface area contributed by atoms with Crippen molar-refractivity contribution in [3.63, 3.8) is 0 Å². The molecule has 2 nitrogen and oxygen atoms in total. The third-order valence-corrected chi connectivity index (χ3v) is 2.53. The standard InChI is InChI=1S/C12H20N2/c1-7(2)9-5-11(13)12(14)6-10(9)8(3)4/h5-8H,13-14H2,1-4H3. The second-order valence-electron chi connectivity index (χ2n) is 4.42. The van der Waals surface area contributed by atoms with Gasteiger partial charge in [-0.25, -0.2) is 0 Å². The molecule has 0 fully saturated rings. The number of benzene rings is 1. The van der Waals surface area contributed by atoms with Crippen LogP contribution in [0.4, 0.5) is 11.4 Å². The van der Waals surface area contributed by atoms with Gasteiger partial charge < -0.3 is 11.5 Å². The normalized spacial score (nSPS) is 11.3. The fourth-order valence-electron chi connectivity index (χ4n) is 1.67. The molecule has 0 heterocycles. The van der Waals surface area contributed by atoms with Gasteiger partial charge in [0.1, 0.15) is 0 Å². The van der Waals surface area contributed by atoms with Gasteiger partial charge in [-0.2, -0.15) is 0 Å². The fraction of sp³-hybridized carbons (Fsp3) is 0.500. The minimum absolute atomic E-state index is 0.496. The molecule has 0 aliphatic heterocycles. The summed E-state index contributed by atoms with van der Waals surface area (Å²) in [6, 6.07) is 4.02. The number of nitrogen functional groups attached to an aromatic ring is 2. The van der Waals surface area contributed by atoms with Crippen molar-refractivity contribution in [2.75, 3.05) is 11.5 Å². The molecule has 2 heteroatoms. The monoisotopic (exact) mass is 192 g/mol. The molecule has 0 radical (unpaired) electrons. The molecular weight excluding hydrogens is 172 g/mol. The third kappa shape index (κ3) is 2.00. The molecule has 0 amide bonds. The molecule has 0 unspecified atom stereocenters. The first-order chi connectivity index (χ1) is 6.43. The van der Waals surface area contributed by atoms with Crippen LogP contribution in [0.15, 0.2) is 12.1 Å². The maximum atomic E-state index is 5.80. The van der Waals surface area contributed by atoms with Gasteiger partial charge in [0, 0.05) is 0 Å². The van der Waals surface area contributed by atoms with E-state index in [0.717, 1.165) is 0 Å². The molecular formula is C12H20N2. The highest BCUT2D eigenvalue weighted by molar-refractivity contribution is 5.66. The van der Waals surface area contributed by atoms with Crippen LogP contribution < -0.4 is 11.5 Å². The van der Waals surface area contributed by atoms with Gasteiger partial charge in [-0.1, -0.05) is 27.7 Å². The second kappa shape index (κ2) is 3.91. The highest BCUT2D eigenvalue weighted by atomic mass is 14.7. The molecule has 4 N–H and O–H groups in total. The number of hydrogen-bond donors (Lipinski definition) is 2. The highest BCUT2D eigenvalue weighted by Gasteiger charge is 2.11. The van der Waals surface area contributed by atoms with Crippen LogP contribution in [0, 0.1) is 0 Å². The van der Waals surface area contributed by atoms with Gasteiger partial charge in [0.15, 0.2) is 0 Å². The first kappa shape index (κ1) is 10.9. The minimum atomic E-state index is 0.496. The Morgan fingerprint density at radius 2 is 1.07 bits per heavy atom. The Labute approximate surface area is 86.3 Å². The van der Waals surface area contributed by atoms with Crippen molar-refractivity contribution in [3.05, 3.63) is 23.3 Å². The van der Waals surface area contributed by atoms with E-state index >= 15 is 0 Å². The number of rotatable bonds is 2. The quantitative estimate of drug-likeness (QED) is 0.707. The summed E-state index contributed by atoms with van der Waals surface area (Å²) in [5, 5.41) is 0. The molecule has 1 aromatic carbocycles. The topological polar surface area (TPSA) is 52.0 Å². The molecule has 1 aromatic rings. The summed E-state index contributed by atoms with van der Waals surface area (Å²) in [7, 11) is 0. The number of hydrogen-bond acceptors (Lipinski definition) is 2. The van der Waals surface area contributed by atoms with Gasteiger partial charge in [0.2, 0.25) is 0 Å². The van der Waals surface area contributed by atoms with E-state index in [1.54, 1.807) is 0 Å². The van der Waals surface area contributed by atoms with E-state index in [-0.39, 0.29) is 0 Å². The zero-order chi connectivity index (χ0) is 10.9. The maximum Gasteiger partial charge on any atom is 0.0550 e. The Morgan fingerprint density at radius 1 is 0.786 bits per heavy atom. The summed E-state index contributed by atoms with van der Waals surface area (Å²) < 4.78 is 0. The number of nitrogens with two attached hydrogens (primary N) is 2. The molecule has 1 rings (SSSR count). The van der Waals surface area contributed by atoms with E-state index in [0.29, 0.717) is 23.2 Å². The van der Waals surface area contributed by atoms with Crippen molar-refractivity contribution in [2.24, 2.45) is 0 Å². The highest BCUT2D eigenvalue weighted by Crippen LogP contribution is 2.31. The van der Waals surface area contributed by atoms with Gasteiger partial charge in [0.25, 0.3) is 0 Å². The van der Waals surface area contributed by atoms with Crippen molar-refractivity contribution < 1.29 is 0 Å². The average molecular weight is 192 g/mol. The van der Waals surface area contributed by atoms with Crippen molar-refractivity contribution in [1.29, 1.82) is 0 Å². The van der Waals surface area contributed by atoms with E-state index < -0.39 is 0 Å². The molecule has 0 aliphatic carbocycles. The zero-order valence-electron chi connectivity index (χ0n) is 9.46. The van der Waals surface area contributed by atoms with Crippen LogP contribution in [0.2, 0.25) is 0 Å². The van der Waals surface area contributed by atoms with Gasteiger partial charge in [-0.05, 0) is 35.1 Å². The summed E-state index contributed by atoms with van der Waals surface area (Å²) >= 11 is 0. The van der Waals surface area contributed by atoms with Gasteiger partial charge in [-0.15, -0.1) is 0 Å². The SMILES string of the molecule is CC(C)c1cc(N)c(N)cc1C(C)C. The Morgan fingerprint density at radius 3 is 1.29 bits per heavy atom. The van der Waals surface area contributed by atoms with Crippen LogP contribution in [0.3, 0.4) is 0 Å². The molecule has 78 valence electrons. The molecule has 0 saturated heterocycles. The molecule has 0 saturated carbocycles. The lowest BCUT2D eigenvalue weighted by atomic mass is 9.89. The van der Waals surface area contributed by atoms with E-state index in [1.165, 1.54) is 11.1 Å². The van der Waals surface area contributed by atoms with Crippen LogP contribution in [-0.4, -0.2) is 0 Å². The van der Waals surface area contributed by atoms with Crippen LogP contribution in [0.25, 0.3) is 0 Å². The predicted octanol–water partition coefficient (Wildman–Crippen LogP) is 3.10. The lowest BCUT2D eigenvalue weighted by Crippen LogP contribution is -2.03. The Hall–Kier alpha value is -1.18. The average Bonchev–Trinajstić information content (AvgIpc) is 2.08. The molecule has 0 atom stereocenters. The van der Waals surface area contributed by atoms with Crippen LogP contribution in [-0.2, 0) is 0 Å². The summed E-state index contributed by atoms with van der Waals surface area (Å²) in [6.45, 7) is 8.71.